The van der Waals surface area contributed by atoms with E-state index >= 15 is 0 Å². The van der Waals surface area contributed by atoms with Crippen molar-refractivity contribution >= 4 is 27.5 Å². The molecule has 3 aromatic carbocycles. The number of methoxy groups -OCH3 is 1. The molecule has 0 bridgehead atoms. The maximum atomic E-state index is 13.7. The lowest BCUT2D eigenvalue weighted by Crippen LogP contribution is -2.51. The number of nitrogens with zero attached hydrogens (tertiary/aromatic N) is 2. The van der Waals surface area contributed by atoms with Crippen LogP contribution in [0.15, 0.2) is 77.7 Å². The van der Waals surface area contributed by atoms with E-state index in [1.807, 2.05) is 0 Å². The van der Waals surface area contributed by atoms with Crippen LogP contribution in [0.3, 0.4) is 0 Å². The Balaban J connectivity index is 2.04. The molecule has 202 valence electrons. The third kappa shape index (κ3) is 6.65. The quantitative estimate of drug-likeness (QED) is 0.396. The lowest BCUT2D eigenvalue weighted by molar-refractivity contribution is -0.140. The number of hydrogen-bond donors (Lipinski definition) is 1. The molecular formula is C27H29F2N3O5S. The summed E-state index contributed by atoms with van der Waals surface area (Å²) in [5.74, 6) is -1.71. The summed E-state index contributed by atoms with van der Waals surface area (Å²) in [5.41, 5.74) is 0.610. The minimum Gasteiger partial charge on any atom is -0.497 e. The maximum Gasteiger partial charge on any atom is 0.264 e. The molecule has 3 aromatic rings. The highest BCUT2D eigenvalue weighted by molar-refractivity contribution is 7.92. The minimum atomic E-state index is -4.30. The first-order valence-corrected chi connectivity index (χ1v) is 13.2. The number of sulfonamides is 1. The number of hydrogen-bond acceptors (Lipinski definition) is 5. The second kappa shape index (κ2) is 12.5. The van der Waals surface area contributed by atoms with Gasteiger partial charge in [0.15, 0.2) is 0 Å². The Morgan fingerprint density at radius 1 is 0.921 bits per heavy atom. The Bertz CT molecular complexity index is 1350. The summed E-state index contributed by atoms with van der Waals surface area (Å²) in [5, 5.41) is 2.53. The molecule has 38 heavy (non-hydrogen) atoms. The van der Waals surface area contributed by atoms with Gasteiger partial charge in [0.1, 0.15) is 30.0 Å². The monoisotopic (exact) mass is 545 g/mol. The van der Waals surface area contributed by atoms with E-state index in [9.17, 15) is 26.8 Å². The van der Waals surface area contributed by atoms with Crippen molar-refractivity contribution in [3.8, 4) is 5.75 Å². The number of benzene rings is 3. The summed E-state index contributed by atoms with van der Waals surface area (Å²) >= 11 is 0. The van der Waals surface area contributed by atoms with Gasteiger partial charge in [0.25, 0.3) is 10.0 Å². The van der Waals surface area contributed by atoms with Crippen LogP contribution in [0.25, 0.3) is 0 Å². The number of carbonyl (C=O) groups is 2. The van der Waals surface area contributed by atoms with Crippen molar-refractivity contribution in [1.29, 1.82) is 0 Å². The van der Waals surface area contributed by atoms with Gasteiger partial charge in [0, 0.05) is 13.6 Å². The molecule has 0 aliphatic rings. The zero-order chi connectivity index (χ0) is 27.9. The summed E-state index contributed by atoms with van der Waals surface area (Å²) in [6, 6.07) is 14.8. The minimum absolute atomic E-state index is 0.0605. The summed E-state index contributed by atoms with van der Waals surface area (Å²) in [4.78, 5) is 27.5. The lowest BCUT2D eigenvalue weighted by Gasteiger charge is -2.33. The van der Waals surface area contributed by atoms with Crippen LogP contribution in [-0.2, 0) is 26.2 Å². The number of carbonyl (C=O) groups excluding carboxylic acids is 2. The molecule has 0 fully saturated rings. The van der Waals surface area contributed by atoms with Crippen LogP contribution in [0, 0.1) is 11.6 Å². The number of anilines is 1. The van der Waals surface area contributed by atoms with E-state index < -0.39 is 46.1 Å². The van der Waals surface area contributed by atoms with Gasteiger partial charge in [-0.3, -0.25) is 13.9 Å². The average molecular weight is 546 g/mol. The maximum absolute atomic E-state index is 13.7. The topological polar surface area (TPSA) is 96.0 Å². The molecule has 0 radical (unpaired) electrons. The summed E-state index contributed by atoms with van der Waals surface area (Å²) in [7, 11) is -1.42. The molecule has 1 N–H and O–H groups in total. The van der Waals surface area contributed by atoms with Crippen LogP contribution in [-0.4, -0.2) is 51.9 Å². The largest absolute Gasteiger partial charge is 0.497 e. The zero-order valence-corrected chi connectivity index (χ0v) is 22.0. The molecule has 0 aromatic heterocycles. The van der Waals surface area contributed by atoms with Crippen LogP contribution in [0.4, 0.5) is 14.5 Å². The number of likely N-dealkylation sites (N-methyl/N-ethyl adjacent to an activating group) is 1. The Labute approximate surface area is 220 Å². The van der Waals surface area contributed by atoms with Crippen LogP contribution in [0.1, 0.15) is 18.9 Å². The average Bonchev–Trinajstić information content (AvgIpc) is 2.92. The fraction of sp³-hybridized carbons (Fsp3) is 0.259. The standard InChI is InChI=1S/C27H29F2N3O5S/c1-4-25(27(34)30-2)31(17-19-5-7-20(28)8-6-19)26(33)18-32(22-11-9-21(29)10-12-22)38(35,36)24-15-13-23(37-3)14-16-24/h5-16,25H,4,17-18H2,1-3H3,(H,30,34)/t25-/m0/s1. The summed E-state index contributed by atoms with van der Waals surface area (Å²) < 4.78 is 60.5. The first-order chi connectivity index (χ1) is 18.1. The number of halogens is 2. The molecule has 8 nitrogen and oxygen atoms in total. The smallest absolute Gasteiger partial charge is 0.264 e. The first-order valence-electron chi connectivity index (χ1n) is 11.8. The Kier molecular flexibility index (Phi) is 9.40. The fourth-order valence-electron chi connectivity index (χ4n) is 3.88. The molecule has 0 spiro atoms. The Morgan fingerprint density at radius 3 is 1.97 bits per heavy atom. The van der Waals surface area contributed by atoms with Crippen LogP contribution < -0.4 is 14.4 Å². The Morgan fingerprint density at radius 2 is 1.47 bits per heavy atom. The zero-order valence-electron chi connectivity index (χ0n) is 21.2. The van der Waals surface area contributed by atoms with Crippen molar-refractivity contribution < 1.29 is 31.5 Å². The highest BCUT2D eigenvalue weighted by Crippen LogP contribution is 2.26. The Hall–Kier alpha value is -3.99. The number of nitrogens with one attached hydrogen (secondary N) is 1. The van der Waals surface area contributed by atoms with E-state index in [1.165, 1.54) is 79.7 Å². The van der Waals surface area contributed by atoms with E-state index in [0.29, 0.717) is 11.3 Å². The molecule has 1 atom stereocenters. The van der Waals surface area contributed by atoms with Crippen molar-refractivity contribution in [1.82, 2.24) is 10.2 Å². The van der Waals surface area contributed by atoms with Gasteiger partial charge in [-0.1, -0.05) is 19.1 Å². The highest BCUT2D eigenvalue weighted by Gasteiger charge is 2.33. The van der Waals surface area contributed by atoms with E-state index in [1.54, 1.807) is 6.92 Å². The predicted octanol–water partition coefficient (Wildman–Crippen LogP) is 3.72. The summed E-state index contributed by atoms with van der Waals surface area (Å²) in [6.07, 6.45) is 0.244. The van der Waals surface area contributed by atoms with Gasteiger partial charge in [0.05, 0.1) is 17.7 Å². The van der Waals surface area contributed by atoms with Gasteiger partial charge in [-0.25, -0.2) is 17.2 Å². The second-order valence-electron chi connectivity index (χ2n) is 8.35. The van der Waals surface area contributed by atoms with Gasteiger partial charge in [-0.15, -0.1) is 0 Å². The molecule has 11 heteroatoms. The molecule has 0 saturated heterocycles. The fourth-order valence-corrected chi connectivity index (χ4v) is 5.30. The summed E-state index contributed by atoms with van der Waals surface area (Å²) in [6.45, 7) is 0.982. The van der Waals surface area contributed by atoms with Crippen LogP contribution in [0.5, 0.6) is 5.75 Å². The van der Waals surface area contributed by atoms with Crippen molar-refractivity contribution in [3.05, 3.63) is 90.0 Å². The van der Waals surface area contributed by atoms with Gasteiger partial charge >= 0.3 is 0 Å². The van der Waals surface area contributed by atoms with Crippen molar-refractivity contribution in [2.75, 3.05) is 25.0 Å². The lowest BCUT2D eigenvalue weighted by atomic mass is 10.1. The molecule has 0 heterocycles. The van der Waals surface area contributed by atoms with Gasteiger partial charge in [-0.05, 0) is 72.6 Å². The number of rotatable bonds is 11. The molecule has 0 saturated carbocycles. The highest BCUT2D eigenvalue weighted by atomic mass is 32.2. The van der Waals surface area contributed by atoms with E-state index in [-0.39, 0.29) is 23.5 Å². The van der Waals surface area contributed by atoms with Gasteiger partial charge in [0.2, 0.25) is 11.8 Å². The second-order valence-corrected chi connectivity index (χ2v) is 10.2. The third-order valence-electron chi connectivity index (χ3n) is 5.94. The van der Waals surface area contributed by atoms with Crippen molar-refractivity contribution in [2.45, 2.75) is 30.8 Å². The molecule has 2 amide bonds. The number of amides is 2. The van der Waals surface area contributed by atoms with Gasteiger partial charge in [-0.2, -0.15) is 0 Å². The molecule has 3 rings (SSSR count). The third-order valence-corrected chi connectivity index (χ3v) is 7.73. The van der Waals surface area contributed by atoms with E-state index in [0.717, 1.165) is 16.4 Å². The molecule has 0 unspecified atom stereocenters. The molecule has 0 aliphatic heterocycles. The van der Waals surface area contributed by atoms with Crippen LogP contribution in [0.2, 0.25) is 0 Å². The SMILES string of the molecule is CC[C@@H](C(=O)NC)N(Cc1ccc(F)cc1)C(=O)CN(c1ccc(F)cc1)S(=O)(=O)c1ccc(OC)cc1. The molecular weight excluding hydrogens is 516 g/mol. The van der Waals surface area contributed by atoms with Crippen molar-refractivity contribution in [3.63, 3.8) is 0 Å². The van der Waals surface area contributed by atoms with Crippen LogP contribution >= 0.6 is 0 Å². The predicted molar refractivity (Wildman–Crippen MR) is 139 cm³/mol. The van der Waals surface area contributed by atoms with Gasteiger partial charge < -0.3 is 15.0 Å². The van der Waals surface area contributed by atoms with E-state index in [4.69, 9.17) is 4.74 Å². The first kappa shape index (κ1) is 28.6. The van der Waals surface area contributed by atoms with Crippen molar-refractivity contribution in [2.24, 2.45) is 0 Å². The normalized spacial score (nSPS) is 11.9. The number of ether oxygens (including phenoxy) is 1. The molecule has 0 aliphatic carbocycles. The van der Waals surface area contributed by atoms with E-state index in [2.05, 4.69) is 5.32 Å².